The summed E-state index contributed by atoms with van der Waals surface area (Å²) in [6.45, 7) is -3.30. The lowest BCUT2D eigenvalue weighted by Crippen LogP contribution is -2.06. The van der Waals surface area contributed by atoms with Crippen molar-refractivity contribution in [1.29, 1.82) is 0 Å². The third-order valence-electron chi connectivity index (χ3n) is 2.13. The zero-order valence-electron chi connectivity index (χ0n) is 9.66. The zero-order valence-corrected chi connectivity index (χ0v) is 9.66. The van der Waals surface area contributed by atoms with E-state index < -0.39 is 34.5 Å². The Morgan fingerprint density at radius 3 is 2.55 bits per heavy atom. The second-order valence-electron chi connectivity index (χ2n) is 3.34. The fraction of sp³-hybridized carbons (Fsp3) is 0.0909. The van der Waals surface area contributed by atoms with Gasteiger partial charge in [-0.1, -0.05) is 0 Å². The molecule has 0 bridgehead atoms. The predicted molar refractivity (Wildman–Crippen MR) is 61.8 cm³/mol. The van der Waals surface area contributed by atoms with Gasteiger partial charge in [0.15, 0.2) is 6.29 Å². The minimum Gasteiger partial charge on any atom is -0.478 e. The highest BCUT2D eigenvalue weighted by Crippen LogP contribution is 2.34. The molecular weight excluding hydrogens is 280 g/mol. The summed E-state index contributed by atoms with van der Waals surface area (Å²) in [5, 5.41) is 19.4. The number of aldehydes is 1. The summed E-state index contributed by atoms with van der Waals surface area (Å²) in [4.78, 5) is 31.1. The van der Waals surface area contributed by atoms with Crippen molar-refractivity contribution in [3.63, 3.8) is 0 Å². The smallest absolute Gasteiger partial charge is 0.387 e. The van der Waals surface area contributed by atoms with Gasteiger partial charge in [0.25, 0.3) is 0 Å². The number of carbonyl (C=O) groups excluding carboxylic acids is 1. The lowest BCUT2D eigenvalue weighted by Gasteiger charge is -2.08. The maximum atomic E-state index is 12.2. The van der Waals surface area contributed by atoms with E-state index >= 15 is 0 Å². The molecule has 1 N–H and O–H groups in total. The van der Waals surface area contributed by atoms with Gasteiger partial charge in [0.2, 0.25) is 5.75 Å². The topological polar surface area (TPSA) is 107 Å². The molecule has 0 aliphatic rings. The fourth-order valence-corrected chi connectivity index (χ4v) is 1.42. The number of hydrogen-bond acceptors (Lipinski definition) is 5. The van der Waals surface area contributed by atoms with E-state index in [0.29, 0.717) is 6.08 Å². The van der Waals surface area contributed by atoms with Gasteiger partial charge >= 0.3 is 18.3 Å². The highest BCUT2D eigenvalue weighted by atomic mass is 19.3. The predicted octanol–water partition coefficient (Wildman–Crippen LogP) is 2.11. The van der Waals surface area contributed by atoms with Gasteiger partial charge in [0, 0.05) is 11.6 Å². The second-order valence-corrected chi connectivity index (χ2v) is 3.34. The SMILES string of the molecule is O=Cc1ccc(OC(F)F)c([N+](=O)[O-])c1/C=C/C(=O)O. The molecule has 0 heterocycles. The molecule has 0 radical (unpaired) electrons. The van der Waals surface area contributed by atoms with E-state index in [1.54, 1.807) is 0 Å². The quantitative estimate of drug-likeness (QED) is 0.371. The second kappa shape index (κ2) is 6.36. The Morgan fingerprint density at radius 2 is 2.10 bits per heavy atom. The number of carboxylic acid groups (broad SMARTS) is 1. The minimum atomic E-state index is -3.30. The Bertz CT molecular complexity index is 585. The number of benzene rings is 1. The number of carbonyl (C=O) groups is 2. The van der Waals surface area contributed by atoms with Crippen molar-refractivity contribution >= 4 is 24.0 Å². The Kier molecular flexibility index (Phi) is 4.84. The molecule has 1 rings (SSSR count). The Labute approximate surface area is 110 Å². The van der Waals surface area contributed by atoms with Gasteiger partial charge < -0.3 is 9.84 Å². The molecule has 0 unspecified atom stereocenters. The molecule has 1 aromatic rings. The van der Waals surface area contributed by atoms with E-state index in [1.807, 2.05) is 0 Å². The number of alkyl halides is 2. The first-order valence-corrected chi connectivity index (χ1v) is 4.99. The molecule has 0 saturated carbocycles. The first-order chi connectivity index (χ1) is 9.36. The number of aliphatic carboxylic acids is 1. The van der Waals surface area contributed by atoms with Crippen LogP contribution in [0.1, 0.15) is 15.9 Å². The number of nitro benzene ring substituents is 1. The fourth-order valence-electron chi connectivity index (χ4n) is 1.42. The van der Waals surface area contributed by atoms with Crippen molar-refractivity contribution in [2.24, 2.45) is 0 Å². The van der Waals surface area contributed by atoms with Crippen LogP contribution in [-0.4, -0.2) is 28.9 Å². The average molecular weight is 287 g/mol. The van der Waals surface area contributed by atoms with E-state index in [4.69, 9.17) is 5.11 Å². The van der Waals surface area contributed by atoms with Gasteiger partial charge in [-0.05, 0) is 18.2 Å². The van der Waals surface area contributed by atoms with Gasteiger partial charge in [0.1, 0.15) is 0 Å². The van der Waals surface area contributed by atoms with Crippen LogP contribution >= 0.6 is 0 Å². The lowest BCUT2D eigenvalue weighted by molar-refractivity contribution is -0.386. The van der Waals surface area contributed by atoms with Gasteiger partial charge in [-0.15, -0.1) is 0 Å². The maximum Gasteiger partial charge on any atom is 0.387 e. The van der Waals surface area contributed by atoms with Gasteiger partial charge in [-0.25, -0.2) is 4.79 Å². The van der Waals surface area contributed by atoms with Crippen molar-refractivity contribution < 1.29 is 33.1 Å². The summed E-state index contributed by atoms with van der Waals surface area (Å²) in [6.07, 6.45) is 1.55. The van der Waals surface area contributed by atoms with E-state index in [2.05, 4.69) is 4.74 Å². The molecule has 0 aliphatic heterocycles. The van der Waals surface area contributed by atoms with Gasteiger partial charge in [0.05, 0.1) is 10.5 Å². The largest absolute Gasteiger partial charge is 0.478 e. The standard InChI is InChI=1S/C11H7F2NO6/c12-11(13)20-8-3-1-6(5-15)7(2-4-9(16)17)10(8)14(18)19/h1-5,11H,(H,16,17)/b4-2+. The Morgan fingerprint density at radius 1 is 1.45 bits per heavy atom. The number of nitro groups is 1. The van der Waals surface area contributed by atoms with Crippen LogP contribution in [0.2, 0.25) is 0 Å². The zero-order chi connectivity index (χ0) is 15.3. The molecule has 7 nitrogen and oxygen atoms in total. The number of rotatable bonds is 6. The average Bonchev–Trinajstić information content (AvgIpc) is 2.34. The molecule has 0 aromatic heterocycles. The summed E-state index contributed by atoms with van der Waals surface area (Å²) >= 11 is 0. The van der Waals surface area contributed by atoms with Crippen LogP contribution in [-0.2, 0) is 4.79 Å². The molecule has 1 aromatic carbocycles. The number of carboxylic acids is 1. The van der Waals surface area contributed by atoms with E-state index in [-0.39, 0.29) is 11.8 Å². The van der Waals surface area contributed by atoms with Crippen LogP contribution in [0, 0.1) is 10.1 Å². The molecule has 0 spiro atoms. The van der Waals surface area contributed by atoms with Crippen LogP contribution in [0.25, 0.3) is 6.08 Å². The molecule has 0 amide bonds. The normalized spacial score (nSPS) is 10.8. The molecule has 9 heteroatoms. The highest BCUT2D eigenvalue weighted by molar-refractivity contribution is 5.92. The number of hydrogen-bond donors (Lipinski definition) is 1. The molecular formula is C11H7F2NO6. The monoisotopic (exact) mass is 287 g/mol. The maximum absolute atomic E-state index is 12.2. The summed E-state index contributed by atoms with van der Waals surface area (Å²) in [5.74, 6) is -2.18. The molecule has 0 atom stereocenters. The number of ether oxygens (including phenoxy) is 1. The van der Waals surface area contributed by atoms with Crippen LogP contribution in [0.3, 0.4) is 0 Å². The number of halogens is 2. The summed E-state index contributed by atoms with van der Waals surface area (Å²) in [6, 6.07) is 1.85. The molecule has 0 aliphatic carbocycles. The van der Waals surface area contributed by atoms with Crippen molar-refractivity contribution in [3.05, 3.63) is 39.4 Å². The van der Waals surface area contributed by atoms with Crippen molar-refractivity contribution in [3.8, 4) is 5.75 Å². The number of nitrogens with zero attached hydrogens (tertiary/aromatic N) is 1. The molecule has 0 saturated heterocycles. The van der Waals surface area contributed by atoms with Crippen LogP contribution in [0.15, 0.2) is 18.2 Å². The summed E-state index contributed by atoms with van der Waals surface area (Å²) in [5.41, 5.74) is -1.56. The summed E-state index contributed by atoms with van der Waals surface area (Å²) < 4.78 is 28.3. The minimum absolute atomic E-state index is 0.226. The molecule has 106 valence electrons. The molecule has 0 fully saturated rings. The Hall–Kier alpha value is -2.84. The van der Waals surface area contributed by atoms with Crippen LogP contribution in [0.4, 0.5) is 14.5 Å². The molecule has 20 heavy (non-hydrogen) atoms. The third kappa shape index (κ3) is 3.57. The Balaban J connectivity index is 3.52. The lowest BCUT2D eigenvalue weighted by atomic mass is 10.0. The van der Waals surface area contributed by atoms with Crippen molar-refractivity contribution in [2.75, 3.05) is 0 Å². The van der Waals surface area contributed by atoms with Gasteiger partial charge in [-0.3, -0.25) is 14.9 Å². The first kappa shape index (κ1) is 15.2. The van der Waals surface area contributed by atoms with E-state index in [9.17, 15) is 28.5 Å². The van der Waals surface area contributed by atoms with Crippen molar-refractivity contribution in [1.82, 2.24) is 0 Å². The van der Waals surface area contributed by atoms with Gasteiger partial charge in [-0.2, -0.15) is 8.78 Å². The third-order valence-corrected chi connectivity index (χ3v) is 2.13. The van der Waals surface area contributed by atoms with E-state index in [0.717, 1.165) is 18.2 Å². The van der Waals surface area contributed by atoms with Crippen molar-refractivity contribution in [2.45, 2.75) is 6.61 Å². The van der Waals surface area contributed by atoms with Crippen LogP contribution in [0.5, 0.6) is 5.75 Å². The van der Waals surface area contributed by atoms with E-state index in [1.165, 1.54) is 0 Å². The van der Waals surface area contributed by atoms with Crippen LogP contribution < -0.4 is 4.74 Å². The highest BCUT2D eigenvalue weighted by Gasteiger charge is 2.25. The first-order valence-electron chi connectivity index (χ1n) is 4.99. The summed E-state index contributed by atoms with van der Waals surface area (Å²) in [7, 11) is 0.